The van der Waals surface area contributed by atoms with Crippen LogP contribution in [-0.4, -0.2) is 23.1 Å². The molecule has 0 aliphatic carbocycles. The Balaban J connectivity index is 1.98. The van der Waals surface area contributed by atoms with E-state index in [-0.39, 0.29) is 12.3 Å². The minimum Gasteiger partial charge on any atom is -0.349 e. The summed E-state index contributed by atoms with van der Waals surface area (Å²) in [5.41, 5.74) is 1.66. The van der Waals surface area contributed by atoms with E-state index in [1.165, 1.54) is 5.32 Å². The van der Waals surface area contributed by atoms with Gasteiger partial charge in [-0.3, -0.25) is 14.9 Å². The first kappa shape index (κ1) is 17.8. The molecule has 1 aromatic carbocycles. The number of hydrogen-bond acceptors (Lipinski definition) is 4. The van der Waals surface area contributed by atoms with Crippen LogP contribution in [0.2, 0.25) is 5.02 Å². The number of carbonyl (C=O) groups is 2. The van der Waals surface area contributed by atoms with Gasteiger partial charge in [-0.05, 0) is 30.2 Å². The summed E-state index contributed by atoms with van der Waals surface area (Å²) in [6, 6.07) is 6.05. The van der Waals surface area contributed by atoms with Crippen molar-refractivity contribution in [3.63, 3.8) is 0 Å². The standard InChI is InChI=1S/C14H11ClF3N3O3/c1-7-2-3-9(15)4-8(7)6-19-12(22)10-5-11(21-24-10)20-13(23)14(16,17)18/h2-5H,6H2,1H3,(H,19,22)(H,20,21,23). The van der Waals surface area contributed by atoms with Gasteiger partial charge >= 0.3 is 12.1 Å². The summed E-state index contributed by atoms with van der Waals surface area (Å²) in [5.74, 6) is -3.76. The number of benzene rings is 1. The van der Waals surface area contributed by atoms with Crippen molar-refractivity contribution in [2.24, 2.45) is 0 Å². The minimum absolute atomic E-state index is 0.135. The quantitative estimate of drug-likeness (QED) is 0.876. The number of aryl methyl sites for hydroxylation is 1. The molecular formula is C14H11ClF3N3O3. The molecule has 24 heavy (non-hydrogen) atoms. The fourth-order valence-corrected chi connectivity index (χ4v) is 1.92. The first-order chi connectivity index (χ1) is 11.2. The van der Waals surface area contributed by atoms with Crippen LogP contribution in [-0.2, 0) is 11.3 Å². The number of rotatable bonds is 4. The largest absolute Gasteiger partial charge is 0.471 e. The molecule has 1 aromatic heterocycles. The van der Waals surface area contributed by atoms with Crippen LogP contribution in [0.4, 0.5) is 19.0 Å². The third-order valence-corrected chi connectivity index (χ3v) is 3.22. The van der Waals surface area contributed by atoms with Gasteiger partial charge < -0.3 is 9.84 Å². The third kappa shape index (κ3) is 4.48. The zero-order valence-corrected chi connectivity index (χ0v) is 13.0. The van der Waals surface area contributed by atoms with Gasteiger partial charge in [0.1, 0.15) is 0 Å². The molecule has 1 heterocycles. The number of alkyl halides is 3. The summed E-state index contributed by atoms with van der Waals surface area (Å²) in [4.78, 5) is 22.7. The maximum Gasteiger partial charge on any atom is 0.471 e. The van der Waals surface area contributed by atoms with Gasteiger partial charge in [-0.1, -0.05) is 22.8 Å². The summed E-state index contributed by atoms with van der Waals surface area (Å²) in [6.45, 7) is 1.97. The summed E-state index contributed by atoms with van der Waals surface area (Å²) < 4.78 is 41.0. The lowest BCUT2D eigenvalue weighted by molar-refractivity contribution is -0.167. The Morgan fingerprint density at radius 1 is 1.29 bits per heavy atom. The molecule has 0 saturated heterocycles. The average molecular weight is 362 g/mol. The van der Waals surface area contributed by atoms with Crippen molar-refractivity contribution in [1.82, 2.24) is 10.5 Å². The Morgan fingerprint density at radius 3 is 2.67 bits per heavy atom. The molecule has 0 spiro atoms. The van der Waals surface area contributed by atoms with Crippen molar-refractivity contribution in [2.75, 3.05) is 5.32 Å². The summed E-state index contributed by atoms with van der Waals surface area (Å²) in [5, 5.41) is 7.69. The van der Waals surface area contributed by atoms with Crippen LogP contribution in [0, 0.1) is 6.92 Å². The van der Waals surface area contributed by atoms with Crippen LogP contribution >= 0.6 is 11.6 Å². The highest BCUT2D eigenvalue weighted by atomic mass is 35.5. The molecule has 2 amide bonds. The number of amides is 2. The SMILES string of the molecule is Cc1ccc(Cl)cc1CNC(=O)c1cc(NC(=O)C(F)(F)F)no1. The van der Waals surface area contributed by atoms with Gasteiger partial charge in [0.2, 0.25) is 5.76 Å². The molecule has 0 aliphatic rings. The molecule has 128 valence electrons. The van der Waals surface area contributed by atoms with E-state index in [1.807, 2.05) is 6.92 Å². The molecule has 2 rings (SSSR count). The van der Waals surface area contributed by atoms with E-state index < -0.39 is 23.8 Å². The lowest BCUT2D eigenvalue weighted by atomic mass is 10.1. The first-order valence-electron chi connectivity index (χ1n) is 6.55. The number of halogens is 4. The number of nitrogens with one attached hydrogen (secondary N) is 2. The smallest absolute Gasteiger partial charge is 0.349 e. The van der Waals surface area contributed by atoms with E-state index in [4.69, 9.17) is 11.6 Å². The third-order valence-electron chi connectivity index (χ3n) is 2.98. The fourth-order valence-electron chi connectivity index (χ4n) is 1.72. The van der Waals surface area contributed by atoms with Gasteiger partial charge in [0.05, 0.1) is 0 Å². The molecule has 0 bridgehead atoms. The van der Waals surface area contributed by atoms with Crippen molar-refractivity contribution in [3.05, 3.63) is 46.2 Å². The molecule has 2 aromatic rings. The summed E-state index contributed by atoms with van der Waals surface area (Å²) >= 11 is 5.86. The molecule has 6 nitrogen and oxygen atoms in total. The summed E-state index contributed by atoms with van der Waals surface area (Å²) in [6.07, 6.45) is -5.06. The highest BCUT2D eigenvalue weighted by Gasteiger charge is 2.39. The molecule has 0 fully saturated rings. The lowest BCUT2D eigenvalue weighted by Gasteiger charge is -2.07. The van der Waals surface area contributed by atoms with Gasteiger partial charge in [-0.15, -0.1) is 0 Å². The van der Waals surface area contributed by atoms with E-state index in [2.05, 4.69) is 15.0 Å². The zero-order chi connectivity index (χ0) is 17.9. The van der Waals surface area contributed by atoms with Gasteiger partial charge in [0.25, 0.3) is 5.91 Å². The van der Waals surface area contributed by atoms with E-state index in [0.717, 1.165) is 17.2 Å². The molecule has 2 N–H and O–H groups in total. The molecule has 0 aliphatic heterocycles. The average Bonchev–Trinajstić information content (AvgIpc) is 2.95. The van der Waals surface area contributed by atoms with Crippen LogP contribution in [0.1, 0.15) is 21.7 Å². The Morgan fingerprint density at radius 2 is 2.00 bits per heavy atom. The maximum absolute atomic E-state index is 12.1. The van der Waals surface area contributed by atoms with Crippen LogP contribution in [0.5, 0.6) is 0 Å². The van der Waals surface area contributed by atoms with E-state index >= 15 is 0 Å². The van der Waals surface area contributed by atoms with Crippen LogP contribution in [0.15, 0.2) is 28.8 Å². The second-order valence-electron chi connectivity index (χ2n) is 4.78. The summed E-state index contributed by atoms with van der Waals surface area (Å²) in [7, 11) is 0. The van der Waals surface area contributed by atoms with Crippen LogP contribution in [0.25, 0.3) is 0 Å². The Kier molecular flexibility index (Phi) is 5.13. The van der Waals surface area contributed by atoms with Gasteiger partial charge in [-0.25, -0.2) is 0 Å². The number of nitrogens with zero attached hydrogens (tertiary/aromatic N) is 1. The van der Waals surface area contributed by atoms with E-state index in [0.29, 0.717) is 5.02 Å². The van der Waals surface area contributed by atoms with Crippen molar-refractivity contribution in [3.8, 4) is 0 Å². The zero-order valence-electron chi connectivity index (χ0n) is 12.2. The van der Waals surface area contributed by atoms with Gasteiger partial charge in [0.15, 0.2) is 5.82 Å². The first-order valence-corrected chi connectivity index (χ1v) is 6.92. The Labute approximate surface area is 139 Å². The normalized spacial score (nSPS) is 11.2. The van der Waals surface area contributed by atoms with Crippen molar-refractivity contribution < 1.29 is 27.3 Å². The fraction of sp³-hybridized carbons (Fsp3) is 0.214. The molecule has 10 heteroatoms. The topological polar surface area (TPSA) is 84.2 Å². The number of carbonyl (C=O) groups excluding carboxylic acids is 2. The predicted octanol–water partition coefficient (Wildman–Crippen LogP) is 3.07. The molecule has 0 atom stereocenters. The Hall–Kier alpha value is -2.55. The van der Waals surface area contributed by atoms with Crippen LogP contribution < -0.4 is 10.6 Å². The minimum atomic E-state index is -5.06. The second kappa shape index (κ2) is 6.91. The van der Waals surface area contributed by atoms with Crippen LogP contribution in [0.3, 0.4) is 0 Å². The second-order valence-corrected chi connectivity index (χ2v) is 5.22. The number of anilines is 1. The maximum atomic E-state index is 12.1. The van der Waals surface area contributed by atoms with E-state index in [1.54, 1.807) is 18.2 Å². The predicted molar refractivity (Wildman–Crippen MR) is 78.5 cm³/mol. The van der Waals surface area contributed by atoms with Gasteiger partial charge in [0, 0.05) is 17.6 Å². The number of hydrogen-bond donors (Lipinski definition) is 2. The van der Waals surface area contributed by atoms with Crippen molar-refractivity contribution in [1.29, 1.82) is 0 Å². The van der Waals surface area contributed by atoms with Crippen molar-refractivity contribution >= 4 is 29.2 Å². The van der Waals surface area contributed by atoms with Crippen molar-refractivity contribution in [2.45, 2.75) is 19.6 Å². The molecule has 0 unspecified atom stereocenters. The number of aromatic nitrogens is 1. The van der Waals surface area contributed by atoms with E-state index in [9.17, 15) is 22.8 Å². The highest BCUT2D eigenvalue weighted by Crippen LogP contribution is 2.18. The monoisotopic (exact) mass is 361 g/mol. The molecular weight excluding hydrogens is 351 g/mol. The highest BCUT2D eigenvalue weighted by molar-refractivity contribution is 6.30. The molecule has 0 radical (unpaired) electrons. The van der Waals surface area contributed by atoms with Gasteiger partial charge in [-0.2, -0.15) is 13.2 Å². The Bertz CT molecular complexity index is 774. The lowest BCUT2D eigenvalue weighted by Crippen LogP contribution is -2.30. The molecule has 0 saturated carbocycles.